The van der Waals surface area contributed by atoms with E-state index in [0.717, 1.165) is 45.0 Å². The molecule has 1 fully saturated rings. The normalized spacial score (nSPS) is 23.8. The first kappa shape index (κ1) is 11.6. The summed E-state index contributed by atoms with van der Waals surface area (Å²) < 4.78 is 5.37. The third-order valence-electron chi connectivity index (χ3n) is 3.23. The van der Waals surface area contributed by atoms with Gasteiger partial charge in [0.1, 0.15) is 5.76 Å². The van der Waals surface area contributed by atoms with Crippen LogP contribution in [0.2, 0.25) is 0 Å². The van der Waals surface area contributed by atoms with E-state index in [1.165, 1.54) is 0 Å². The molecular weight excluding hydrogens is 202 g/mol. The average molecular weight is 223 g/mol. The van der Waals surface area contributed by atoms with Crippen molar-refractivity contribution in [3.05, 3.63) is 24.2 Å². The highest BCUT2D eigenvalue weighted by molar-refractivity contribution is 4.98. The molecule has 1 unspecified atom stereocenters. The van der Waals surface area contributed by atoms with Gasteiger partial charge in [0.2, 0.25) is 0 Å². The molecule has 0 radical (unpaired) electrons. The Balaban J connectivity index is 1.82. The first-order valence-corrected chi connectivity index (χ1v) is 5.98. The van der Waals surface area contributed by atoms with Gasteiger partial charge in [-0.15, -0.1) is 0 Å². The lowest BCUT2D eigenvalue weighted by atomic mass is 10.2. The average Bonchev–Trinajstić information content (AvgIpc) is 2.75. The molecule has 2 heterocycles. The van der Waals surface area contributed by atoms with Gasteiger partial charge in [0.25, 0.3) is 0 Å². The second-order valence-corrected chi connectivity index (χ2v) is 4.49. The second-order valence-electron chi connectivity index (χ2n) is 4.49. The van der Waals surface area contributed by atoms with E-state index < -0.39 is 0 Å². The maximum Gasteiger partial charge on any atom is 0.117 e. The van der Waals surface area contributed by atoms with E-state index in [1.807, 2.05) is 12.1 Å². The fourth-order valence-electron chi connectivity index (χ4n) is 2.34. The van der Waals surface area contributed by atoms with Gasteiger partial charge >= 0.3 is 0 Å². The molecule has 0 spiro atoms. The topological polar surface area (TPSA) is 45.6 Å². The van der Waals surface area contributed by atoms with E-state index in [2.05, 4.69) is 16.7 Å². The molecule has 0 aliphatic carbocycles. The van der Waals surface area contributed by atoms with Gasteiger partial charge in [-0.2, -0.15) is 0 Å². The van der Waals surface area contributed by atoms with Gasteiger partial charge in [0, 0.05) is 38.8 Å². The lowest BCUT2D eigenvalue weighted by molar-refractivity contribution is 0.0771. The number of rotatable bonds is 4. The van der Waals surface area contributed by atoms with Gasteiger partial charge in [-0.25, -0.2) is 0 Å². The summed E-state index contributed by atoms with van der Waals surface area (Å²) in [4.78, 5) is 4.90. The Morgan fingerprint density at radius 1 is 1.50 bits per heavy atom. The summed E-state index contributed by atoms with van der Waals surface area (Å²) in [5, 5.41) is 0. The van der Waals surface area contributed by atoms with Crippen LogP contribution in [-0.4, -0.2) is 48.6 Å². The summed E-state index contributed by atoms with van der Waals surface area (Å²) in [5.41, 5.74) is 5.60. The molecule has 1 atom stereocenters. The third-order valence-corrected chi connectivity index (χ3v) is 3.23. The van der Waals surface area contributed by atoms with Gasteiger partial charge in [0.05, 0.1) is 12.8 Å². The molecule has 90 valence electrons. The predicted octanol–water partition coefficient (Wildman–Crippen LogP) is 0.744. The van der Waals surface area contributed by atoms with Crippen molar-refractivity contribution in [2.45, 2.75) is 19.5 Å². The molecule has 4 heteroatoms. The lowest BCUT2D eigenvalue weighted by Gasteiger charge is -2.39. The Morgan fingerprint density at radius 2 is 2.38 bits per heavy atom. The van der Waals surface area contributed by atoms with Crippen LogP contribution in [-0.2, 0) is 6.54 Å². The third kappa shape index (κ3) is 2.84. The quantitative estimate of drug-likeness (QED) is 0.818. The van der Waals surface area contributed by atoms with Gasteiger partial charge in [-0.1, -0.05) is 0 Å². The highest BCUT2D eigenvalue weighted by atomic mass is 16.3. The first-order valence-electron chi connectivity index (χ1n) is 5.98. The molecule has 0 saturated carbocycles. The van der Waals surface area contributed by atoms with E-state index >= 15 is 0 Å². The number of hydrogen-bond acceptors (Lipinski definition) is 4. The Labute approximate surface area is 97.0 Å². The molecular formula is C12H21N3O. The Bertz CT molecular complexity index is 299. The number of piperazine rings is 1. The molecule has 4 nitrogen and oxygen atoms in total. The van der Waals surface area contributed by atoms with Crippen LogP contribution in [0.4, 0.5) is 0 Å². The predicted molar refractivity (Wildman–Crippen MR) is 64.1 cm³/mol. The van der Waals surface area contributed by atoms with E-state index in [1.54, 1.807) is 6.26 Å². The summed E-state index contributed by atoms with van der Waals surface area (Å²) in [5.74, 6) is 1.06. The van der Waals surface area contributed by atoms with Crippen LogP contribution in [0.5, 0.6) is 0 Å². The highest BCUT2D eigenvalue weighted by Crippen LogP contribution is 2.12. The maximum absolute atomic E-state index is 5.60. The van der Waals surface area contributed by atoms with Crippen LogP contribution in [0, 0.1) is 0 Å². The summed E-state index contributed by atoms with van der Waals surface area (Å²) in [6.45, 7) is 8.26. The van der Waals surface area contributed by atoms with Crippen molar-refractivity contribution in [2.75, 3.05) is 32.7 Å². The summed E-state index contributed by atoms with van der Waals surface area (Å²) in [6.07, 6.45) is 1.74. The van der Waals surface area contributed by atoms with E-state index in [4.69, 9.17) is 10.2 Å². The van der Waals surface area contributed by atoms with Crippen LogP contribution in [0.25, 0.3) is 0 Å². The van der Waals surface area contributed by atoms with Crippen LogP contribution < -0.4 is 5.73 Å². The number of nitrogens with zero attached hydrogens (tertiary/aromatic N) is 2. The Kier molecular flexibility index (Phi) is 3.98. The Hall–Kier alpha value is -0.840. The molecule has 0 aromatic carbocycles. The fraction of sp³-hybridized carbons (Fsp3) is 0.667. The standard InChI is InChI=1S/C12H21N3O/c1-11-9-14(6-7-15(11)5-4-13)10-12-3-2-8-16-12/h2-3,8,11H,4-7,9-10,13H2,1H3. The van der Waals surface area contributed by atoms with Crippen LogP contribution in [0.1, 0.15) is 12.7 Å². The molecule has 1 saturated heterocycles. The zero-order valence-corrected chi connectivity index (χ0v) is 9.93. The fourth-order valence-corrected chi connectivity index (χ4v) is 2.34. The van der Waals surface area contributed by atoms with Gasteiger partial charge in [-0.05, 0) is 19.1 Å². The van der Waals surface area contributed by atoms with Crippen molar-refractivity contribution in [3.63, 3.8) is 0 Å². The summed E-state index contributed by atoms with van der Waals surface area (Å²) in [6, 6.07) is 4.58. The van der Waals surface area contributed by atoms with Crippen LogP contribution >= 0.6 is 0 Å². The van der Waals surface area contributed by atoms with Crippen molar-refractivity contribution in [3.8, 4) is 0 Å². The van der Waals surface area contributed by atoms with Crippen molar-refractivity contribution in [1.29, 1.82) is 0 Å². The second kappa shape index (κ2) is 5.48. The molecule has 0 amide bonds. The number of hydrogen-bond donors (Lipinski definition) is 1. The molecule has 0 bridgehead atoms. The molecule has 1 aliphatic heterocycles. The van der Waals surface area contributed by atoms with Crippen molar-refractivity contribution in [1.82, 2.24) is 9.80 Å². The maximum atomic E-state index is 5.60. The molecule has 16 heavy (non-hydrogen) atoms. The first-order chi connectivity index (χ1) is 7.79. The molecule has 1 aromatic rings. The number of furan rings is 1. The minimum absolute atomic E-state index is 0.590. The summed E-state index contributed by atoms with van der Waals surface area (Å²) in [7, 11) is 0. The highest BCUT2D eigenvalue weighted by Gasteiger charge is 2.23. The Morgan fingerprint density at radius 3 is 3.00 bits per heavy atom. The largest absolute Gasteiger partial charge is 0.468 e. The summed E-state index contributed by atoms with van der Waals surface area (Å²) >= 11 is 0. The van der Waals surface area contributed by atoms with E-state index in [0.29, 0.717) is 6.04 Å². The zero-order valence-electron chi connectivity index (χ0n) is 9.93. The van der Waals surface area contributed by atoms with Gasteiger partial charge in [-0.3, -0.25) is 9.80 Å². The number of nitrogens with two attached hydrogens (primary N) is 1. The van der Waals surface area contributed by atoms with Crippen molar-refractivity contribution < 1.29 is 4.42 Å². The van der Waals surface area contributed by atoms with Crippen LogP contribution in [0.3, 0.4) is 0 Å². The molecule has 2 N–H and O–H groups in total. The van der Waals surface area contributed by atoms with Gasteiger partial charge < -0.3 is 10.2 Å². The van der Waals surface area contributed by atoms with Crippen LogP contribution in [0.15, 0.2) is 22.8 Å². The smallest absolute Gasteiger partial charge is 0.117 e. The van der Waals surface area contributed by atoms with E-state index in [9.17, 15) is 0 Å². The zero-order chi connectivity index (χ0) is 11.4. The minimum Gasteiger partial charge on any atom is -0.468 e. The molecule has 1 aliphatic rings. The monoisotopic (exact) mass is 223 g/mol. The minimum atomic E-state index is 0.590. The van der Waals surface area contributed by atoms with Crippen molar-refractivity contribution in [2.24, 2.45) is 5.73 Å². The SMILES string of the molecule is CC1CN(Cc2ccco2)CCN1CCN. The van der Waals surface area contributed by atoms with E-state index in [-0.39, 0.29) is 0 Å². The molecule has 1 aromatic heterocycles. The van der Waals surface area contributed by atoms with Gasteiger partial charge in [0.15, 0.2) is 0 Å². The molecule has 2 rings (SSSR count). The van der Waals surface area contributed by atoms with Crippen molar-refractivity contribution >= 4 is 0 Å². The lowest BCUT2D eigenvalue weighted by Crippen LogP contribution is -2.52.